The minimum absolute atomic E-state index is 0.192. The van der Waals surface area contributed by atoms with E-state index in [9.17, 15) is 4.79 Å². The molecular formula is C18H31N5O2. The molecule has 0 radical (unpaired) electrons. The number of ether oxygens (including phenoxy) is 1. The molecule has 0 aromatic carbocycles. The zero-order chi connectivity index (χ0) is 17.6. The summed E-state index contributed by atoms with van der Waals surface area (Å²) in [5, 5.41) is 8.91. The number of nitrogens with zero attached hydrogens (tertiary/aromatic N) is 5. The SMILES string of the molecule is CCOCCC(=O)N1CCC[C@H](c2nnc(CN3CCCC3)n2C)C1. The van der Waals surface area contributed by atoms with E-state index in [1.54, 1.807) is 0 Å². The zero-order valence-electron chi connectivity index (χ0n) is 15.6. The molecule has 0 unspecified atom stereocenters. The number of carbonyl (C=O) groups excluding carboxylic acids is 1. The van der Waals surface area contributed by atoms with E-state index in [-0.39, 0.29) is 11.8 Å². The highest BCUT2D eigenvalue weighted by Crippen LogP contribution is 2.26. The molecule has 1 aromatic rings. The Morgan fingerprint density at radius 3 is 2.76 bits per heavy atom. The maximum atomic E-state index is 12.4. The number of rotatable bonds is 7. The lowest BCUT2D eigenvalue weighted by molar-refractivity contribution is -0.133. The Hall–Kier alpha value is -1.47. The Bertz CT molecular complexity index is 568. The second-order valence-corrected chi connectivity index (χ2v) is 7.14. The summed E-state index contributed by atoms with van der Waals surface area (Å²) in [6.07, 6.45) is 5.14. The van der Waals surface area contributed by atoms with Crippen LogP contribution in [0.15, 0.2) is 0 Å². The Kier molecular flexibility index (Phi) is 6.42. The maximum absolute atomic E-state index is 12.4. The van der Waals surface area contributed by atoms with Crippen molar-refractivity contribution in [1.29, 1.82) is 0 Å². The normalized spacial score (nSPS) is 21.8. The van der Waals surface area contributed by atoms with Crippen molar-refractivity contribution in [2.24, 2.45) is 7.05 Å². The van der Waals surface area contributed by atoms with Gasteiger partial charge < -0.3 is 14.2 Å². The van der Waals surface area contributed by atoms with Crippen molar-refractivity contribution in [1.82, 2.24) is 24.6 Å². The van der Waals surface area contributed by atoms with E-state index < -0.39 is 0 Å². The van der Waals surface area contributed by atoms with Crippen LogP contribution < -0.4 is 0 Å². The van der Waals surface area contributed by atoms with Gasteiger partial charge in [-0.05, 0) is 45.7 Å². The molecule has 0 N–H and O–H groups in total. The molecule has 3 heterocycles. The van der Waals surface area contributed by atoms with Crippen molar-refractivity contribution in [3.63, 3.8) is 0 Å². The molecular weight excluding hydrogens is 318 g/mol. The number of hydrogen-bond donors (Lipinski definition) is 0. The van der Waals surface area contributed by atoms with E-state index in [0.717, 1.165) is 57.2 Å². The summed E-state index contributed by atoms with van der Waals surface area (Å²) in [6, 6.07) is 0. The molecule has 25 heavy (non-hydrogen) atoms. The van der Waals surface area contributed by atoms with Crippen molar-refractivity contribution in [2.75, 3.05) is 39.4 Å². The van der Waals surface area contributed by atoms with Crippen LogP contribution in [0.3, 0.4) is 0 Å². The molecule has 2 aliphatic rings. The number of carbonyl (C=O) groups is 1. The van der Waals surface area contributed by atoms with Gasteiger partial charge in [-0.3, -0.25) is 9.69 Å². The second kappa shape index (κ2) is 8.76. The molecule has 2 saturated heterocycles. The van der Waals surface area contributed by atoms with Gasteiger partial charge in [0.2, 0.25) is 5.91 Å². The third-order valence-electron chi connectivity index (χ3n) is 5.37. The van der Waals surface area contributed by atoms with E-state index >= 15 is 0 Å². The second-order valence-electron chi connectivity index (χ2n) is 7.14. The molecule has 0 spiro atoms. The van der Waals surface area contributed by atoms with E-state index in [4.69, 9.17) is 4.74 Å². The standard InChI is InChI=1S/C18H31N5O2/c1-3-25-12-8-17(24)23-11-6-7-15(13-23)18-20-19-16(21(18)2)14-22-9-4-5-10-22/h15H,3-14H2,1-2H3/t15-/m0/s1. The fourth-order valence-corrected chi connectivity index (χ4v) is 3.89. The van der Waals surface area contributed by atoms with Crippen LogP contribution in [-0.4, -0.2) is 69.9 Å². The van der Waals surface area contributed by atoms with Gasteiger partial charge in [-0.1, -0.05) is 0 Å². The fraction of sp³-hybridized carbons (Fsp3) is 0.833. The first-order valence-corrected chi connectivity index (χ1v) is 9.65. The third-order valence-corrected chi connectivity index (χ3v) is 5.37. The van der Waals surface area contributed by atoms with Crippen LogP contribution >= 0.6 is 0 Å². The summed E-state index contributed by atoms with van der Waals surface area (Å²) in [7, 11) is 2.07. The van der Waals surface area contributed by atoms with Gasteiger partial charge in [-0.25, -0.2) is 0 Å². The molecule has 7 heteroatoms. The van der Waals surface area contributed by atoms with Gasteiger partial charge in [0.15, 0.2) is 0 Å². The van der Waals surface area contributed by atoms with Crippen LogP contribution in [0.1, 0.15) is 56.6 Å². The van der Waals surface area contributed by atoms with E-state index in [0.29, 0.717) is 19.6 Å². The lowest BCUT2D eigenvalue weighted by Crippen LogP contribution is -2.40. The summed E-state index contributed by atoms with van der Waals surface area (Å²) in [6.45, 7) is 7.93. The van der Waals surface area contributed by atoms with Gasteiger partial charge >= 0.3 is 0 Å². The summed E-state index contributed by atoms with van der Waals surface area (Å²) in [4.78, 5) is 16.8. The molecule has 0 bridgehead atoms. The molecule has 3 rings (SSSR count). The lowest BCUT2D eigenvalue weighted by Gasteiger charge is -2.32. The van der Waals surface area contributed by atoms with Gasteiger partial charge in [0.05, 0.1) is 19.6 Å². The molecule has 1 amide bonds. The van der Waals surface area contributed by atoms with E-state index in [2.05, 4.69) is 26.7 Å². The Morgan fingerprint density at radius 2 is 2.00 bits per heavy atom. The van der Waals surface area contributed by atoms with Gasteiger partial charge in [0.1, 0.15) is 11.6 Å². The molecule has 140 valence electrons. The highest BCUT2D eigenvalue weighted by Gasteiger charge is 2.28. The number of aromatic nitrogens is 3. The molecule has 7 nitrogen and oxygen atoms in total. The molecule has 2 fully saturated rings. The molecule has 0 aliphatic carbocycles. The first-order valence-electron chi connectivity index (χ1n) is 9.65. The Balaban J connectivity index is 1.59. The van der Waals surface area contributed by atoms with Crippen molar-refractivity contribution < 1.29 is 9.53 Å². The fourth-order valence-electron chi connectivity index (χ4n) is 3.89. The minimum Gasteiger partial charge on any atom is -0.381 e. The average Bonchev–Trinajstić information content (AvgIpc) is 3.26. The number of likely N-dealkylation sites (tertiary alicyclic amines) is 2. The van der Waals surface area contributed by atoms with Gasteiger partial charge in [0.25, 0.3) is 0 Å². The quantitative estimate of drug-likeness (QED) is 0.699. The van der Waals surface area contributed by atoms with Crippen molar-refractivity contribution in [3.05, 3.63) is 11.6 Å². The first kappa shape index (κ1) is 18.3. The summed E-state index contributed by atoms with van der Waals surface area (Å²) < 4.78 is 7.46. The van der Waals surface area contributed by atoms with Crippen LogP contribution in [-0.2, 0) is 23.1 Å². The van der Waals surface area contributed by atoms with Gasteiger partial charge in [-0.15, -0.1) is 10.2 Å². The smallest absolute Gasteiger partial charge is 0.224 e. The highest BCUT2D eigenvalue weighted by atomic mass is 16.5. The summed E-state index contributed by atoms with van der Waals surface area (Å²) in [5.41, 5.74) is 0. The van der Waals surface area contributed by atoms with E-state index in [1.807, 2.05) is 11.8 Å². The highest BCUT2D eigenvalue weighted by molar-refractivity contribution is 5.76. The first-order chi connectivity index (χ1) is 12.2. The maximum Gasteiger partial charge on any atom is 0.224 e. The largest absolute Gasteiger partial charge is 0.381 e. The van der Waals surface area contributed by atoms with Crippen LogP contribution in [0.4, 0.5) is 0 Å². The van der Waals surface area contributed by atoms with Crippen LogP contribution in [0.25, 0.3) is 0 Å². The Morgan fingerprint density at radius 1 is 1.20 bits per heavy atom. The molecule has 1 atom stereocenters. The van der Waals surface area contributed by atoms with Crippen LogP contribution in [0.2, 0.25) is 0 Å². The predicted molar refractivity (Wildman–Crippen MR) is 95.2 cm³/mol. The van der Waals surface area contributed by atoms with Crippen LogP contribution in [0, 0.1) is 0 Å². The van der Waals surface area contributed by atoms with Crippen molar-refractivity contribution in [3.8, 4) is 0 Å². The zero-order valence-corrected chi connectivity index (χ0v) is 15.6. The number of piperidine rings is 1. The summed E-state index contributed by atoms with van der Waals surface area (Å²) in [5.74, 6) is 2.54. The third kappa shape index (κ3) is 4.58. The lowest BCUT2D eigenvalue weighted by atomic mass is 9.97. The van der Waals surface area contributed by atoms with Gasteiger partial charge in [-0.2, -0.15) is 0 Å². The monoisotopic (exact) mass is 349 g/mol. The average molecular weight is 349 g/mol. The van der Waals surface area contributed by atoms with Gasteiger partial charge in [0, 0.05) is 32.7 Å². The molecule has 2 aliphatic heterocycles. The predicted octanol–water partition coefficient (Wildman–Crippen LogP) is 1.54. The summed E-state index contributed by atoms with van der Waals surface area (Å²) >= 11 is 0. The Labute approximate surface area is 150 Å². The van der Waals surface area contributed by atoms with Crippen LogP contribution in [0.5, 0.6) is 0 Å². The topological polar surface area (TPSA) is 63.5 Å². The molecule has 1 aromatic heterocycles. The number of hydrogen-bond acceptors (Lipinski definition) is 5. The van der Waals surface area contributed by atoms with Crippen molar-refractivity contribution in [2.45, 2.75) is 51.5 Å². The molecule has 0 saturated carbocycles. The minimum atomic E-state index is 0.192. The number of amides is 1. The van der Waals surface area contributed by atoms with E-state index in [1.165, 1.54) is 12.8 Å². The van der Waals surface area contributed by atoms with Crippen molar-refractivity contribution >= 4 is 5.91 Å².